The molecule has 2 aromatic carbocycles. The molecule has 2 rings (SSSR count). The molecule has 0 spiro atoms. The van der Waals surface area contributed by atoms with Gasteiger partial charge in [0.05, 0.1) is 11.6 Å². The lowest BCUT2D eigenvalue weighted by atomic mass is 10.0. The summed E-state index contributed by atoms with van der Waals surface area (Å²) in [4.78, 5) is 0. The molecule has 0 heterocycles. The number of allylic oxidation sites excluding steroid dienone is 1. The first-order valence-electron chi connectivity index (χ1n) is 5.57. The first-order chi connectivity index (χ1) is 8.83. The molecule has 0 N–H and O–H groups in total. The van der Waals surface area contributed by atoms with Crippen molar-refractivity contribution >= 4 is 11.6 Å². The minimum absolute atomic E-state index is 0.629. The van der Waals surface area contributed by atoms with Crippen molar-refractivity contribution in [2.45, 2.75) is 0 Å². The minimum atomic E-state index is 0.629. The lowest BCUT2D eigenvalue weighted by molar-refractivity contribution is 1.52. The Bertz CT molecular complexity index is 635. The predicted octanol–water partition coefficient (Wildman–Crippen LogP) is 3.73. The van der Waals surface area contributed by atoms with E-state index in [0.29, 0.717) is 5.57 Å². The number of hydrogen-bond donors (Lipinski definition) is 0. The topological polar surface area (TPSA) is 23.8 Å². The highest BCUT2D eigenvalue weighted by molar-refractivity contribution is 5.89. The van der Waals surface area contributed by atoms with E-state index in [1.165, 1.54) is 0 Å². The second-order valence-electron chi connectivity index (χ2n) is 3.80. The summed E-state index contributed by atoms with van der Waals surface area (Å²) < 4.78 is 0. The fraction of sp³-hybridized carbons (Fsp3) is 0. The molecule has 1 heteroatoms. The lowest BCUT2D eigenvalue weighted by Gasteiger charge is -2.00. The third-order valence-electron chi connectivity index (χ3n) is 2.59. The maximum Gasteiger partial charge on any atom is 0.0998 e. The predicted molar refractivity (Wildman–Crippen MR) is 74.3 cm³/mol. The molecule has 0 aliphatic rings. The maximum absolute atomic E-state index is 9.21. The maximum atomic E-state index is 9.21. The quantitative estimate of drug-likeness (QED) is 0.437. The molecule has 0 amide bonds. The number of nitrogens with zero attached hydrogens (tertiary/aromatic N) is 1. The molecule has 0 saturated heterocycles. The minimum Gasteiger partial charge on any atom is -0.192 e. The smallest absolute Gasteiger partial charge is 0.0998 e. The van der Waals surface area contributed by atoms with Crippen LogP contribution in [0.2, 0.25) is 0 Å². The Balaban J connectivity index is 2.38. The molecule has 84 valence electrons. The summed E-state index contributed by atoms with van der Waals surface area (Å²) in [5, 5.41) is 9.21. The molecule has 0 saturated carbocycles. The number of benzene rings is 2. The van der Waals surface area contributed by atoms with Crippen molar-refractivity contribution in [3.63, 3.8) is 0 Å². The van der Waals surface area contributed by atoms with E-state index < -0.39 is 0 Å². The van der Waals surface area contributed by atoms with Crippen molar-refractivity contribution in [1.82, 2.24) is 0 Å². The number of hydrogen-bond acceptors (Lipinski definition) is 1. The number of nitriles is 1. The molecule has 0 aliphatic carbocycles. The first-order valence-corrected chi connectivity index (χ1v) is 5.57. The average Bonchev–Trinajstić information content (AvgIpc) is 2.46. The van der Waals surface area contributed by atoms with Crippen LogP contribution in [0.3, 0.4) is 0 Å². The van der Waals surface area contributed by atoms with Crippen LogP contribution in [0.4, 0.5) is 0 Å². The van der Waals surface area contributed by atoms with Crippen molar-refractivity contribution in [1.29, 1.82) is 5.26 Å². The molecule has 0 atom stereocenters. The first kappa shape index (κ1) is 11.7. The Labute approximate surface area is 107 Å². The Morgan fingerprint density at radius 1 is 1.00 bits per heavy atom. The zero-order chi connectivity index (χ0) is 12.8. The zero-order valence-corrected chi connectivity index (χ0v) is 9.80. The normalized spacial score (nSPS) is 10.4. The largest absolute Gasteiger partial charge is 0.192 e. The van der Waals surface area contributed by atoms with Crippen LogP contribution >= 0.6 is 0 Å². The molecule has 18 heavy (non-hydrogen) atoms. The summed E-state index contributed by atoms with van der Waals surface area (Å²) in [6.07, 6.45) is 7.17. The van der Waals surface area contributed by atoms with Crippen LogP contribution in [-0.2, 0) is 0 Å². The third kappa shape index (κ3) is 2.67. The van der Waals surface area contributed by atoms with Crippen molar-refractivity contribution in [3.05, 3.63) is 71.3 Å². The summed E-state index contributed by atoms with van der Waals surface area (Å²) in [6.45, 7) is 0. The van der Waals surface area contributed by atoms with Gasteiger partial charge in [0.2, 0.25) is 0 Å². The van der Waals surface area contributed by atoms with Gasteiger partial charge in [-0.3, -0.25) is 0 Å². The van der Waals surface area contributed by atoms with Crippen LogP contribution in [0.5, 0.6) is 0 Å². The van der Waals surface area contributed by atoms with Gasteiger partial charge < -0.3 is 0 Å². The molecule has 2 aromatic rings. The van der Waals surface area contributed by atoms with Crippen molar-refractivity contribution in [2.24, 2.45) is 0 Å². The summed E-state index contributed by atoms with van der Waals surface area (Å²) in [5.74, 6) is 2.56. The van der Waals surface area contributed by atoms with Gasteiger partial charge in [0.15, 0.2) is 0 Å². The molecular formula is C17H11N. The van der Waals surface area contributed by atoms with Gasteiger partial charge in [0.25, 0.3) is 0 Å². The Morgan fingerprint density at radius 2 is 1.67 bits per heavy atom. The summed E-state index contributed by atoms with van der Waals surface area (Å²) in [6, 6.07) is 19.4. The molecule has 0 aliphatic heterocycles. The number of terminal acetylenes is 1. The van der Waals surface area contributed by atoms with Crippen LogP contribution in [0, 0.1) is 23.7 Å². The van der Waals surface area contributed by atoms with E-state index in [-0.39, 0.29) is 0 Å². The van der Waals surface area contributed by atoms with Gasteiger partial charge in [-0.25, -0.2) is 0 Å². The zero-order valence-electron chi connectivity index (χ0n) is 9.80. The van der Waals surface area contributed by atoms with Crippen molar-refractivity contribution < 1.29 is 0 Å². The van der Waals surface area contributed by atoms with Gasteiger partial charge in [-0.1, -0.05) is 48.4 Å². The Kier molecular flexibility index (Phi) is 3.59. The Hall–Kier alpha value is -2.77. The molecule has 0 aromatic heterocycles. The van der Waals surface area contributed by atoms with E-state index in [4.69, 9.17) is 6.42 Å². The van der Waals surface area contributed by atoms with Gasteiger partial charge in [-0.15, -0.1) is 6.42 Å². The third-order valence-corrected chi connectivity index (χ3v) is 2.59. The standard InChI is InChI=1S/C17H11N/c1-2-14-8-10-16(11-9-14)17(13-18)12-15-6-4-3-5-7-15/h1,3-12H/b17-12+. The average molecular weight is 229 g/mol. The van der Waals surface area contributed by atoms with Crippen LogP contribution in [0.1, 0.15) is 16.7 Å². The van der Waals surface area contributed by atoms with Crippen LogP contribution in [-0.4, -0.2) is 0 Å². The highest BCUT2D eigenvalue weighted by atomic mass is 14.2. The fourth-order valence-corrected chi connectivity index (χ4v) is 1.64. The molecular weight excluding hydrogens is 218 g/mol. The van der Waals surface area contributed by atoms with Gasteiger partial charge in [-0.05, 0) is 29.3 Å². The monoisotopic (exact) mass is 229 g/mol. The molecule has 0 unspecified atom stereocenters. The van der Waals surface area contributed by atoms with Gasteiger partial charge in [0, 0.05) is 5.56 Å². The van der Waals surface area contributed by atoms with Gasteiger partial charge >= 0.3 is 0 Å². The van der Waals surface area contributed by atoms with Crippen molar-refractivity contribution in [3.8, 4) is 18.4 Å². The van der Waals surface area contributed by atoms with Gasteiger partial charge in [0.1, 0.15) is 0 Å². The van der Waals surface area contributed by atoms with Crippen LogP contribution in [0.15, 0.2) is 54.6 Å². The number of rotatable bonds is 2. The van der Waals surface area contributed by atoms with E-state index in [1.807, 2.05) is 60.7 Å². The lowest BCUT2D eigenvalue weighted by Crippen LogP contribution is -1.83. The molecule has 1 nitrogen and oxygen atoms in total. The van der Waals surface area contributed by atoms with Crippen molar-refractivity contribution in [2.75, 3.05) is 0 Å². The van der Waals surface area contributed by atoms with E-state index in [1.54, 1.807) is 0 Å². The summed E-state index contributed by atoms with van der Waals surface area (Å²) in [7, 11) is 0. The van der Waals surface area contributed by atoms with E-state index in [9.17, 15) is 5.26 Å². The second kappa shape index (κ2) is 5.53. The summed E-state index contributed by atoms with van der Waals surface area (Å²) >= 11 is 0. The molecule has 0 radical (unpaired) electrons. The summed E-state index contributed by atoms with van der Waals surface area (Å²) in [5.41, 5.74) is 3.33. The highest BCUT2D eigenvalue weighted by Crippen LogP contribution is 2.18. The highest BCUT2D eigenvalue weighted by Gasteiger charge is 2.00. The SMILES string of the molecule is C#Cc1ccc(/C(C#N)=C/c2ccccc2)cc1. The molecule has 0 fully saturated rings. The van der Waals surface area contributed by atoms with Crippen LogP contribution < -0.4 is 0 Å². The fourth-order valence-electron chi connectivity index (χ4n) is 1.64. The van der Waals surface area contributed by atoms with Crippen LogP contribution in [0.25, 0.3) is 11.6 Å². The van der Waals surface area contributed by atoms with E-state index in [0.717, 1.165) is 16.7 Å². The van der Waals surface area contributed by atoms with E-state index in [2.05, 4.69) is 12.0 Å². The van der Waals surface area contributed by atoms with Gasteiger partial charge in [-0.2, -0.15) is 5.26 Å². The van der Waals surface area contributed by atoms with E-state index >= 15 is 0 Å². The molecule has 0 bridgehead atoms. The second-order valence-corrected chi connectivity index (χ2v) is 3.80. The Morgan fingerprint density at radius 3 is 2.22 bits per heavy atom.